The third kappa shape index (κ3) is 5.61. The van der Waals surface area contributed by atoms with Crippen molar-refractivity contribution in [3.63, 3.8) is 0 Å². The topological polar surface area (TPSA) is 62.6 Å². The molecule has 0 aliphatic carbocycles. The normalized spacial score (nSPS) is 15.3. The van der Waals surface area contributed by atoms with Gasteiger partial charge in [0.05, 0.1) is 17.0 Å². The van der Waals surface area contributed by atoms with Crippen molar-refractivity contribution in [2.24, 2.45) is 4.40 Å². The number of halogens is 1. The van der Waals surface area contributed by atoms with Crippen molar-refractivity contribution < 1.29 is 8.42 Å². The predicted molar refractivity (Wildman–Crippen MR) is 130 cm³/mol. The van der Waals surface area contributed by atoms with Crippen LogP contribution >= 0.6 is 27.3 Å². The van der Waals surface area contributed by atoms with E-state index in [4.69, 9.17) is 4.98 Å². The molecule has 8 heteroatoms. The Morgan fingerprint density at radius 3 is 2.42 bits per heavy atom. The molecule has 2 heterocycles. The van der Waals surface area contributed by atoms with Crippen LogP contribution in [-0.2, 0) is 16.4 Å². The number of sulfonamides is 1. The fraction of sp³-hybridized carbons (Fsp3) is 0.304. The first-order valence-corrected chi connectivity index (χ1v) is 13.4. The van der Waals surface area contributed by atoms with E-state index in [1.807, 2.05) is 36.6 Å². The molecule has 0 bridgehead atoms. The van der Waals surface area contributed by atoms with Crippen LogP contribution in [0.2, 0.25) is 0 Å². The first kappa shape index (κ1) is 22.2. The number of hydrogen-bond acceptors (Lipinski definition) is 4. The van der Waals surface area contributed by atoms with Crippen LogP contribution in [0.5, 0.6) is 0 Å². The van der Waals surface area contributed by atoms with Gasteiger partial charge in [-0.05, 0) is 50.5 Å². The van der Waals surface area contributed by atoms with Crippen molar-refractivity contribution >= 4 is 43.1 Å². The Morgan fingerprint density at radius 1 is 1.06 bits per heavy atom. The summed E-state index contributed by atoms with van der Waals surface area (Å²) in [5, 5.41) is 2.88. The Kier molecular flexibility index (Phi) is 6.89. The zero-order valence-corrected chi connectivity index (χ0v) is 20.5. The Balaban J connectivity index is 1.63. The second-order valence-corrected chi connectivity index (χ2v) is 11.1. The summed E-state index contributed by atoms with van der Waals surface area (Å²) in [4.78, 5) is 7.09. The van der Waals surface area contributed by atoms with Gasteiger partial charge in [0.15, 0.2) is 0 Å². The maximum absolute atomic E-state index is 13.0. The zero-order valence-electron chi connectivity index (χ0n) is 17.3. The number of benzene rings is 2. The lowest BCUT2D eigenvalue weighted by molar-refractivity contribution is 0.338. The molecule has 1 saturated heterocycles. The molecule has 0 amide bonds. The SMILES string of the molecule is Cc1ccc(S(=O)(=O)/N=C(\Cc2nc(-c3ccc(Br)cc3)cs2)N2CCCCC2)cc1. The molecule has 0 saturated carbocycles. The molecule has 1 aliphatic rings. The molecule has 0 spiro atoms. The highest BCUT2D eigenvalue weighted by Gasteiger charge is 2.21. The van der Waals surface area contributed by atoms with Crippen molar-refractivity contribution in [1.82, 2.24) is 9.88 Å². The number of aryl methyl sites for hydroxylation is 1. The Hall–Kier alpha value is -2.03. The van der Waals surface area contributed by atoms with E-state index in [1.54, 1.807) is 24.3 Å². The molecular formula is C23H24BrN3O2S2. The lowest BCUT2D eigenvalue weighted by Crippen LogP contribution is -2.37. The lowest BCUT2D eigenvalue weighted by Gasteiger charge is -2.29. The second kappa shape index (κ2) is 9.63. The average molecular weight is 519 g/mol. The van der Waals surface area contributed by atoms with E-state index in [0.717, 1.165) is 52.2 Å². The monoisotopic (exact) mass is 517 g/mol. The van der Waals surface area contributed by atoms with Crippen LogP contribution in [-0.4, -0.2) is 37.2 Å². The van der Waals surface area contributed by atoms with Gasteiger partial charge in [-0.15, -0.1) is 15.7 Å². The molecule has 0 atom stereocenters. The number of piperidine rings is 1. The van der Waals surface area contributed by atoms with Crippen LogP contribution in [0.25, 0.3) is 11.3 Å². The minimum absolute atomic E-state index is 0.224. The van der Waals surface area contributed by atoms with Crippen molar-refractivity contribution in [3.8, 4) is 11.3 Å². The quantitative estimate of drug-likeness (QED) is 0.321. The lowest BCUT2D eigenvalue weighted by atomic mass is 10.1. The first-order valence-electron chi connectivity index (χ1n) is 10.3. The standard InChI is InChI=1S/C23H24BrN3O2S2/c1-17-5-11-20(12-6-17)31(28,29)26-22(27-13-3-2-4-14-27)15-23-25-21(16-30-23)18-7-9-19(24)10-8-18/h5-12,16H,2-4,13-15H2,1H3/b26-22+. The van der Waals surface area contributed by atoms with Crippen molar-refractivity contribution in [2.75, 3.05) is 13.1 Å². The highest BCUT2D eigenvalue weighted by molar-refractivity contribution is 9.10. The minimum atomic E-state index is -3.78. The van der Waals surface area contributed by atoms with Crippen LogP contribution in [0, 0.1) is 6.92 Å². The van der Waals surface area contributed by atoms with Crippen LogP contribution < -0.4 is 0 Å². The summed E-state index contributed by atoms with van der Waals surface area (Å²) in [7, 11) is -3.78. The van der Waals surface area contributed by atoms with Gasteiger partial charge in [-0.1, -0.05) is 45.8 Å². The number of nitrogens with zero attached hydrogens (tertiary/aromatic N) is 3. The summed E-state index contributed by atoms with van der Waals surface area (Å²) in [5.74, 6) is 0.581. The number of amidine groups is 1. The van der Waals surface area contributed by atoms with E-state index in [1.165, 1.54) is 17.8 Å². The molecule has 0 N–H and O–H groups in total. The molecule has 4 rings (SSSR count). The minimum Gasteiger partial charge on any atom is -0.359 e. The van der Waals surface area contributed by atoms with Crippen LogP contribution in [0.15, 0.2) is 67.7 Å². The molecule has 5 nitrogen and oxygen atoms in total. The largest absolute Gasteiger partial charge is 0.359 e. The highest BCUT2D eigenvalue weighted by Crippen LogP contribution is 2.25. The Bertz CT molecular complexity index is 1160. The summed E-state index contributed by atoms with van der Waals surface area (Å²) >= 11 is 4.99. The number of likely N-dealkylation sites (tertiary alicyclic amines) is 1. The maximum atomic E-state index is 13.0. The first-order chi connectivity index (χ1) is 14.9. The van der Waals surface area contributed by atoms with Crippen molar-refractivity contribution in [3.05, 3.63) is 69.0 Å². The summed E-state index contributed by atoms with van der Waals surface area (Å²) in [6.07, 6.45) is 3.67. The molecule has 162 valence electrons. The third-order valence-electron chi connectivity index (χ3n) is 5.27. The van der Waals surface area contributed by atoms with Gasteiger partial charge in [0.25, 0.3) is 10.0 Å². The van der Waals surface area contributed by atoms with Crippen molar-refractivity contribution in [1.29, 1.82) is 0 Å². The van der Waals surface area contributed by atoms with E-state index >= 15 is 0 Å². The maximum Gasteiger partial charge on any atom is 0.283 e. The smallest absolute Gasteiger partial charge is 0.283 e. The van der Waals surface area contributed by atoms with Gasteiger partial charge in [-0.25, -0.2) is 4.98 Å². The summed E-state index contributed by atoms with van der Waals surface area (Å²) < 4.78 is 31.3. The third-order valence-corrected chi connectivity index (χ3v) is 7.96. The van der Waals surface area contributed by atoms with Gasteiger partial charge in [-0.2, -0.15) is 8.42 Å². The molecule has 31 heavy (non-hydrogen) atoms. The molecule has 0 unspecified atom stereocenters. The average Bonchev–Trinajstić information content (AvgIpc) is 3.23. The van der Waals surface area contributed by atoms with Crippen molar-refractivity contribution in [2.45, 2.75) is 37.5 Å². The summed E-state index contributed by atoms with van der Waals surface area (Å²) in [6.45, 7) is 3.59. The Labute approximate surface area is 196 Å². The van der Waals surface area contributed by atoms with E-state index in [0.29, 0.717) is 12.3 Å². The number of thiazole rings is 1. The molecule has 1 aliphatic heterocycles. The number of aromatic nitrogens is 1. The molecule has 0 radical (unpaired) electrons. The van der Waals surface area contributed by atoms with Crippen LogP contribution in [0.4, 0.5) is 0 Å². The second-order valence-electron chi connectivity index (χ2n) is 7.65. The predicted octanol–water partition coefficient (Wildman–Crippen LogP) is 5.70. The fourth-order valence-corrected chi connectivity index (χ4v) is 5.64. The molecule has 1 fully saturated rings. The van der Waals surface area contributed by atoms with E-state index < -0.39 is 10.0 Å². The van der Waals surface area contributed by atoms with E-state index in [9.17, 15) is 8.42 Å². The van der Waals surface area contributed by atoms with Gasteiger partial charge >= 0.3 is 0 Å². The molecular weight excluding hydrogens is 494 g/mol. The van der Waals surface area contributed by atoms with Gasteiger partial charge in [0, 0.05) is 28.5 Å². The van der Waals surface area contributed by atoms with Gasteiger partial charge in [0.2, 0.25) is 0 Å². The van der Waals surface area contributed by atoms with Gasteiger partial charge < -0.3 is 4.90 Å². The molecule has 2 aromatic carbocycles. The van der Waals surface area contributed by atoms with Crippen LogP contribution in [0.1, 0.15) is 29.8 Å². The van der Waals surface area contributed by atoms with Crippen LogP contribution in [0.3, 0.4) is 0 Å². The van der Waals surface area contributed by atoms with E-state index in [-0.39, 0.29) is 4.90 Å². The molecule has 1 aromatic heterocycles. The number of hydrogen-bond donors (Lipinski definition) is 0. The zero-order chi connectivity index (χ0) is 21.8. The summed E-state index contributed by atoms with van der Waals surface area (Å²) in [6, 6.07) is 14.9. The van der Waals surface area contributed by atoms with E-state index in [2.05, 4.69) is 25.2 Å². The Morgan fingerprint density at radius 2 is 1.74 bits per heavy atom. The van der Waals surface area contributed by atoms with Gasteiger partial charge in [-0.3, -0.25) is 0 Å². The number of rotatable bonds is 5. The summed E-state index contributed by atoms with van der Waals surface area (Å²) in [5.41, 5.74) is 2.95. The van der Waals surface area contributed by atoms with Gasteiger partial charge in [0.1, 0.15) is 10.8 Å². The fourth-order valence-electron chi connectivity index (χ4n) is 3.54. The molecule has 3 aromatic rings. The highest BCUT2D eigenvalue weighted by atomic mass is 79.9.